The summed E-state index contributed by atoms with van der Waals surface area (Å²) in [6.45, 7) is -0.105. The number of anilines is 1. The van der Waals surface area contributed by atoms with Gasteiger partial charge in [-0.25, -0.2) is 9.59 Å². The molecule has 1 aromatic carbocycles. The van der Waals surface area contributed by atoms with Crippen molar-refractivity contribution in [3.05, 3.63) is 54.0 Å². The minimum atomic E-state index is -0.761. The molecular weight excluding hydrogens is 380 g/mol. The van der Waals surface area contributed by atoms with Crippen LogP contribution < -0.4 is 5.32 Å². The smallest absolute Gasteiger partial charge is 0.337 e. The number of ether oxygens (including phenoxy) is 2. The summed E-state index contributed by atoms with van der Waals surface area (Å²) in [5.74, 6) is -2.00. The van der Waals surface area contributed by atoms with E-state index < -0.39 is 36.4 Å². The maximum absolute atomic E-state index is 12.4. The molecule has 1 aliphatic rings. The molecule has 0 spiro atoms. The molecule has 0 radical (unpaired) electrons. The van der Waals surface area contributed by atoms with Crippen LogP contribution in [0.2, 0.25) is 0 Å². The van der Waals surface area contributed by atoms with Gasteiger partial charge in [-0.3, -0.25) is 9.59 Å². The minimum absolute atomic E-state index is 0.146. The molecule has 1 N–H and O–H groups in total. The lowest BCUT2D eigenvalue weighted by Gasteiger charge is -2.22. The molecule has 29 heavy (non-hydrogen) atoms. The SMILES string of the molecule is COC(=O)c1cccc(NC(=O)COC(=O)[C@@H]2CCCN2C(=O)c2ccco2)c1. The van der Waals surface area contributed by atoms with E-state index in [0.29, 0.717) is 25.1 Å². The number of hydrogen-bond donors (Lipinski definition) is 1. The third kappa shape index (κ3) is 4.81. The second-order valence-electron chi connectivity index (χ2n) is 6.36. The van der Waals surface area contributed by atoms with Crippen LogP contribution in [0.3, 0.4) is 0 Å². The van der Waals surface area contributed by atoms with Gasteiger partial charge in [0.1, 0.15) is 6.04 Å². The Morgan fingerprint density at radius 2 is 2.03 bits per heavy atom. The van der Waals surface area contributed by atoms with Gasteiger partial charge in [-0.05, 0) is 43.2 Å². The molecule has 1 fully saturated rings. The maximum Gasteiger partial charge on any atom is 0.337 e. The molecule has 2 amide bonds. The Bertz CT molecular complexity index is 907. The maximum atomic E-state index is 12.4. The van der Waals surface area contributed by atoms with Crippen LogP contribution in [0.4, 0.5) is 5.69 Å². The minimum Gasteiger partial charge on any atom is -0.465 e. The lowest BCUT2D eigenvalue weighted by atomic mass is 10.2. The molecular formula is C20H20N2O7. The number of amides is 2. The second-order valence-corrected chi connectivity index (χ2v) is 6.36. The highest BCUT2D eigenvalue weighted by Gasteiger charge is 2.36. The fourth-order valence-corrected chi connectivity index (χ4v) is 3.07. The Hall–Kier alpha value is -3.62. The van der Waals surface area contributed by atoms with Crippen molar-refractivity contribution in [3.63, 3.8) is 0 Å². The molecule has 1 aromatic heterocycles. The molecule has 0 unspecified atom stereocenters. The number of nitrogens with zero attached hydrogens (tertiary/aromatic N) is 1. The number of benzene rings is 1. The van der Waals surface area contributed by atoms with Crippen molar-refractivity contribution in [2.75, 3.05) is 25.6 Å². The van der Waals surface area contributed by atoms with Crippen LogP contribution >= 0.6 is 0 Å². The largest absolute Gasteiger partial charge is 0.465 e. The second kappa shape index (κ2) is 9.05. The van der Waals surface area contributed by atoms with Crippen molar-refractivity contribution in [2.45, 2.75) is 18.9 Å². The van der Waals surface area contributed by atoms with E-state index in [4.69, 9.17) is 9.15 Å². The van der Waals surface area contributed by atoms with Crippen molar-refractivity contribution in [3.8, 4) is 0 Å². The van der Waals surface area contributed by atoms with Gasteiger partial charge in [-0.2, -0.15) is 0 Å². The predicted octanol–water partition coefficient (Wildman–Crippen LogP) is 1.85. The zero-order valence-electron chi connectivity index (χ0n) is 15.8. The lowest BCUT2D eigenvalue weighted by molar-refractivity contribution is -0.151. The summed E-state index contributed by atoms with van der Waals surface area (Å²) in [4.78, 5) is 49.8. The number of likely N-dealkylation sites (tertiary alicyclic amines) is 1. The molecule has 1 aliphatic heterocycles. The zero-order valence-corrected chi connectivity index (χ0v) is 15.8. The average molecular weight is 400 g/mol. The van der Waals surface area contributed by atoms with Crippen LogP contribution in [0.25, 0.3) is 0 Å². The number of rotatable bonds is 6. The van der Waals surface area contributed by atoms with E-state index in [1.54, 1.807) is 24.3 Å². The number of esters is 2. The Kier molecular flexibility index (Phi) is 6.28. The molecule has 2 heterocycles. The normalized spacial score (nSPS) is 15.6. The van der Waals surface area contributed by atoms with Gasteiger partial charge >= 0.3 is 11.9 Å². The van der Waals surface area contributed by atoms with E-state index >= 15 is 0 Å². The summed E-state index contributed by atoms with van der Waals surface area (Å²) in [5.41, 5.74) is 0.643. The van der Waals surface area contributed by atoms with Crippen LogP contribution in [0.15, 0.2) is 47.1 Å². The van der Waals surface area contributed by atoms with Gasteiger partial charge in [-0.1, -0.05) is 6.07 Å². The van der Waals surface area contributed by atoms with Crippen molar-refractivity contribution in [2.24, 2.45) is 0 Å². The molecule has 9 heteroatoms. The number of furan rings is 1. The number of carbonyl (C=O) groups excluding carboxylic acids is 4. The van der Waals surface area contributed by atoms with Crippen LogP contribution in [0.5, 0.6) is 0 Å². The zero-order chi connectivity index (χ0) is 20.8. The molecule has 1 atom stereocenters. The quantitative estimate of drug-likeness (QED) is 0.736. The Balaban J connectivity index is 1.54. The molecule has 152 valence electrons. The summed E-state index contributed by atoms with van der Waals surface area (Å²) >= 11 is 0. The summed E-state index contributed by atoms with van der Waals surface area (Å²) in [6, 6.07) is 8.54. The van der Waals surface area contributed by atoms with E-state index in [1.165, 1.54) is 30.4 Å². The number of methoxy groups -OCH3 is 1. The fraction of sp³-hybridized carbons (Fsp3) is 0.300. The molecule has 2 aromatic rings. The van der Waals surface area contributed by atoms with Crippen LogP contribution in [-0.4, -0.2) is 55.0 Å². The highest BCUT2D eigenvalue weighted by atomic mass is 16.5. The summed E-state index contributed by atoms with van der Waals surface area (Å²) in [5, 5.41) is 2.54. The molecule has 0 saturated carbocycles. The van der Waals surface area contributed by atoms with Gasteiger partial charge in [-0.15, -0.1) is 0 Å². The first-order chi connectivity index (χ1) is 14.0. The van der Waals surface area contributed by atoms with Gasteiger partial charge in [0.25, 0.3) is 11.8 Å². The fourth-order valence-electron chi connectivity index (χ4n) is 3.07. The Morgan fingerprint density at radius 3 is 2.76 bits per heavy atom. The molecule has 1 saturated heterocycles. The highest BCUT2D eigenvalue weighted by molar-refractivity contribution is 5.97. The third-order valence-corrected chi connectivity index (χ3v) is 4.43. The van der Waals surface area contributed by atoms with E-state index in [1.807, 2.05) is 0 Å². The van der Waals surface area contributed by atoms with Crippen LogP contribution in [0.1, 0.15) is 33.8 Å². The summed E-state index contributed by atoms with van der Waals surface area (Å²) in [6.07, 6.45) is 2.49. The van der Waals surface area contributed by atoms with Crippen molar-refractivity contribution >= 4 is 29.4 Å². The van der Waals surface area contributed by atoms with Crippen LogP contribution in [-0.2, 0) is 19.1 Å². The van der Waals surface area contributed by atoms with Gasteiger partial charge in [0, 0.05) is 12.2 Å². The highest BCUT2D eigenvalue weighted by Crippen LogP contribution is 2.21. The first-order valence-electron chi connectivity index (χ1n) is 8.99. The van der Waals surface area contributed by atoms with E-state index in [-0.39, 0.29) is 11.3 Å². The molecule has 0 aliphatic carbocycles. The van der Waals surface area contributed by atoms with Gasteiger partial charge in [0.05, 0.1) is 18.9 Å². The Morgan fingerprint density at radius 1 is 1.21 bits per heavy atom. The lowest BCUT2D eigenvalue weighted by Crippen LogP contribution is -2.42. The monoisotopic (exact) mass is 400 g/mol. The topological polar surface area (TPSA) is 115 Å². The van der Waals surface area contributed by atoms with Gasteiger partial charge < -0.3 is 24.1 Å². The van der Waals surface area contributed by atoms with E-state index in [2.05, 4.69) is 10.1 Å². The molecule has 9 nitrogen and oxygen atoms in total. The van der Waals surface area contributed by atoms with Gasteiger partial charge in [0.15, 0.2) is 12.4 Å². The first kappa shape index (κ1) is 20.1. The number of hydrogen-bond acceptors (Lipinski definition) is 7. The standard InChI is InChI=1S/C20H20N2O7/c1-27-19(25)13-5-2-6-14(11-13)21-17(23)12-29-20(26)15-7-3-9-22(15)18(24)16-8-4-10-28-16/h2,4-6,8,10-11,15H,3,7,9,12H2,1H3,(H,21,23)/t15-/m0/s1. The van der Waals surface area contributed by atoms with Crippen LogP contribution in [0, 0.1) is 0 Å². The Labute approximate surface area is 166 Å². The third-order valence-electron chi connectivity index (χ3n) is 4.43. The van der Waals surface area contributed by atoms with Crippen molar-refractivity contribution in [1.29, 1.82) is 0 Å². The van der Waals surface area contributed by atoms with Crippen molar-refractivity contribution < 1.29 is 33.1 Å². The van der Waals surface area contributed by atoms with Crippen molar-refractivity contribution in [1.82, 2.24) is 4.90 Å². The average Bonchev–Trinajstić information content (AvgIpc) is 3.43. The number of nitrogens with one attached hydrogen (secondary N) is 1. The first-order valence-corrected chi connectivity index (χ1v) is 8.99. The summed E-state index contributed by atoms with van der Waals surface area (Å²) in [7, 11) is 1.26. The summed E-state index contributed by atoms with van der Waals surface area (Å²) < 4.78 is 14.8. The molecule has 0 bridgehead atoms. The molecule has 3 rings (SSSR count). The van der Waals surface area contributed by atoms with E-state index in [9.17, 15) is 19.2 Å². The van der Waals surface area contributed by atoms with E-state index in [0.717, 1.165) is 0 Å². The predicted molar refractivity (Wildman–Crippen MR) is 100 cm³/mol. The number of carbonyl (C=O) groups is 4. The van der Waals surface area contributed by atoms with Gasteiger partial charge in [0.2, 0.25) is 0 Å².